The molecule has 0 fully saturated rings. The van der Waals surface area contributed by atoms with Gasteiger partial charge in [-0.3, -0.25) is 9.59 Å². The molecule has 0 bridgehead atoms. The predicted molar refractivity (Wildman–Crippen MR) is 121 cm³/mol. The minimum absolute atomic E-state index is 0.193. The van der Waals surface area contributed by atoms with Crippen LogP contribution in [0, 0.1) is 11.3 Å². The number of hydrogen-bond donors (Lipinski definition) is 2. The third-order valence-electron chi connectivity index (χ3n) is 5.18. The van der Waals surface area contributed by atoms with Crippen molar-refractivity contribution in [2.45, 2.75) is 86.4 Å². The Balaban J connectivity index is 5.88. The van der Waals surface area contributed by atoms with Crippen LogP contribution < -0.4 is 10.6 Å². The van der Waals surface area contributed by atoms with E-state index >= 15 is 0 Å². The van der Waals surface area contributed by atoms with Crippen LogP contribution in [-0.4, -0.2) is 61.0 Å². The Morgan fingerprint density at radius 2 is 1.63 bits per heavy atom. The van der Waals surface area contributed by atoms with Crippen LogP contribution in [-0.2, 0) is 19.1 Å². The van der Waals surface area contributed by atoms with E-state index in [1.54, 1.807) is 52.8 Å². The molecule has 0 aromatic carbocycles. The van der Waals surface area contributed by atoms with Crippen molar-refractivity contribution in [2.75, 3.05) is 20.7 Å². The smallest absolute Gasteiger partial charge is 0.333 e. The molecule has 0 aliphatic heterocycles. The van der Waals surface area contributed by atoms with Crippen LogP contribution in [0.25, 0.3) is 0 Å². The molecule has 0 aromatic rings. The van der Waals surface area contributed by atoms with Crippen LogP contribution in [0.4, 0.5) is 0 Å². The zero-order chi connectivity index (χ0) is 23.9. The van der Waals surface area contributed by atoms with E-state index in [0.717, 1.165) is 0 Å². The summed E-state index contributed by atoms with van der Waals surface area (Å²) >= 11 is 0. The zero-order valence-corrected chi connectivity index (χ0v) is 20.8. The maximum absolute atomic E-state index is 13.5. The van der Waals surface area contributed by atoms with Crippen molar-refractivity contribution >= 4 is 17.8 Å². The lowest BCUT2D eigenvalue weighted by Crippen LogP contribution is -2.61. The fourth-order valence-corrected chi connectivity index (χ4v) is 2.86. The van der Waals surface area contributed by atoms with Crippen molar-refractivity contribution in [3.8, 4) is 0 Å². The van der Waals surface area contributed by atoms with Crippen LogP contribution in [0.5, 0.6) is 0 Å². The van der Waals surface area contributed by atoms with Crippen molar-refractivity contribution < 1.29 is 19.1 Å². The topological polar surface area (TPSA) is 87.7 Å². The highest BCUT2D eigenvalue weighted by Crippen LogP contribution is 2.24. The largest absolute Gasteiger partial charge is 0.463 e. The summed E-state index contributed by atoms with van der Waals surface area (Å²) in [6, 6.07) is -1.01. The number of nitrogens with one attached hydrogen (secondary N) is 2. The number of carbonyl (C=O) groups excluding carboxylic acids is 3. The first-order valence-corrected chi connectivity index (χ1v) is 10.7. The second-order valence-corrected chi connectivity index (χ2v) is 9.86. The van der Waals surface area contributed by atoms with Crippen LogP contribution in [0.2, 0.25) is 0 Å². The van der Waals surface area contributed by atoms with Gasteiger partial charge in [-0.05, 0) is 52.5 Å². The highest BCUT2D eigenvalue weighted by Gasteiger charge is 2.39. The van der Waals surface area contributed by atoms with E-state index < -0.39 is 17.0 Å². The molecule has 0 spiro atoms. The van der Waals surface area contributed by atoms with E-state index in [2.05, 4.69) is 24.5 Å². The van der Waals surface area contributed by atoms with Gasteiger partial charge in [0.1, 0.15) is 6.04 Å². The maximum atomic E-state index is 13.5. The van der Waals surface area contributed by atoms with E-state index in [-0.39, 0.29) is 23.8 Å². The minimum Gasteiger partial charge on any atom is -0.463 e. The molecule has 174 valence electrons. The minimum atomic E-state index is -0.805. The Labute approximate surface area is 183 Å². The Kier molecular flexibility index (Phi) is 10.8. The number of rotatable bonds is 10. The lowest BCUT2D eigenvalue weighted by atomic mass is 9.84. The number of ether oxygens (including phenoxy) is 1. The molecule has 0 aliphatic rings. The molecule has 0 saturated heterocycles. The van der Waals surface area contributed by atoms with Gasteiger partial charge in [0.2, 0.25) is 11.8 Å². The van der Waals surface area contributed by atoms with Gasteiger partial charge in [-0.15, -0.1) is 0 Å². The summed E-state index contributed by atoms with van der Waals surface area (Å²) in [7, 11) is 3.43. The van der Waals surface area contributed by atoms with Gasteiger partial charge in [-0.25, -0.2) is 4.79 Å². The molecule has 7 heteroatoms. The van der Waals surface area contributed by atoms with Gasteiger partial charge in [0.25, 0.3) is 0 Å². The highest BCUT2D eigenvalue weighted by molar-refractivity contribution is 5.92. The van der Waals surface area contributed by atoms with Crippen molar-refractivity contribution in [3.05, 3.63) is 11.6 Å². The van der Waals surface area contributed by atoms with Gasteiger partial charge in [-0.1, -0.05) is 40.7 Å². The molecule has 0 radical (unpaired) electrons. The SMILES string of the molecule is CCOC(=O)/C(C)=C/C(CC(C)C)N(C)C(=O)[C@@H](NC(=O)C(C)(C)NC)C(C)(C)C. The molecular weight excluding hydrogens is 382 g/mol. The molecule has 0 rings (SSSR count). The molecule has 2 atom stereocenters. The quantitative estimate of drug-likeness (QED) is 0.415. The van der Waals surface area contributed by atoms with Crippen molar-refractivity contribution in [2.24, 2.45) is 11.3 Å². The standard InChI is InChI=1S/C23H43N3O4/c1-12-30-20(28)16(4)14-17(13-15(2)3)26(11)19(27)18(22(5,6)7)25-21(29)23(8,9)24-10/h14-15,17-18,24H,12-13H2,1-11H3,(H,25,29)/b16-14+/t17?,18-/m1/s1. The maximum Gasteiger partial charge on any atom is 0.333 e. The van der Waals surface area contributed by atoms with Crippen LogP contribution in [0.1, 0.15) is 68.7 Å². The molecule has 30 heavy (non-hydrogen) atoms. The fourth-order valence-electron chi connectivity index (χ4n) is 2.86. The zero-order valence-electron chi connectivity index (χ0n) is 20.8. The van der Waals surface area contributed by atoms with Crippen LogP contribution in [0.15, 0.2) is 11.6 Å². The Bertz CT molecular complexity index is 633. The predicted octanol–water partition coefficient (Wildman–Crippen LogP) is 2.90. The van der Waals surface area contributed by atoms with E-state index in [1.807, 2.05) is 20.8 Å². The first-order valence-electron chi connectivity index (χ1n) is 10.7. The average Bonchev–Trinajstić information content (AvgIpc) is 2.62. The molecule has 0 aromatic heterocycles. The molecule has 0 heterocycles. The second kappa shape index (κ2) is 11.5. The third kappa shape index (κ3) is 8.46. The van der Waals surface area contributed by atoms with Gasteiger partial charge in [-0.2, -0.15) is 0 Å². The van der Waals surface area contributed by atoms with Crippen molar-refractivity contribution in [1.29, 1.82) is 0 Å². The third-order valence-corrected chi connectivity index (χ3v) is 5.18. The molecular formula is C23H43N3O4. The van der Waals surface area contributed by atoms with Gasteiger partial charge >= 0.3 is 5.97 Å². The molecule has 1 unspecified atom stereocenters. The number of amides is 2. The van der Waals surface area contributed by atoms with Crippen LogP contribution in [0.3, 0.4) is 0 Å². The summed E-state index contributed by atoms with van der Waals surface area (Å²) in [6.07, 6.45) is 2.47. The number of esters is 1. The van der Waals surface area contributed by atoms with Crippen molar-refractivity contribution in [1.82, 2.24) is 15.5 Å². The van der Waals surface area contributed by atoms with Crippen molar-refractivity contribution in [3.63, 3.8) is 0 Å². The van der Waals surface area contributed by atoms with Gasteiger partial charge < -0.3 is 20.3 Å². The fraction of sp³-hybridized carbons (Fsp3) is 0.783. The highest BCUT2D eigenvalue weighted by atomic mass is 16.5. The first-order chi connectivity index (χ1) is 13.6. The number of likely N-dealkylation sites (N-methyl/N-ethyl adjacent to an activating group) is 2. The summed E-state index contributed by atoms with van der Waals surface area (Å²) in [4.78, 5) is 39.9. The van der Waals surface area contributed by atoms with E-state index in [1.165, 1.54) is 0 Å². The molecule has 2 N–H and O–H groups in total. The first kappa shape index (κ1) is 28.1. The van der Waals surface area contributed by atoms with Gasteiger partial charge in [0, 0.05) is 12.6 Å². The normalized spacial score (nSPS) is 14.9. The summed E-state index contributed by atoms with van der Waals surface area (Å²) < 4.78 is 5.08. The lowest BCUT2D eigenvalue weighted by Gasteiger charge is -2.38. The number of nitrogens with zero attached hydrogens (tertiary/aromatic N) is 1. The van der Waals surface area contributed by atoms with Gasteiger partial charge in [0.05, 0.1) is 18.2 Å². The number of hydrogen-bond acceptors (Lipinski definition) is 5. The Hall–Kier alpha value is -1.89. The summed E-state index contributed by atoms with van der Waals surface area (Å²) in [6.45, 7) is 17.2. The summed E-state index contributed by atoms with van der Waals surface area (Å²) in [5.74, 6) is -0.516. The summed E-state index contributed by atoms with van der Waals surface area (Å²) in [5, 5.41) is 5.90. The van der Waals surface area contributed by atoms with Gasteiger partial charge in [0.15, 0.2) is 0 Å². The monoisotopic (exact) mass is 425 g/mol. The average molecular weight is 426 g/mol. The second-order valence-electron chi connectivity index (χ2n) is 9.86. The lowest BCUT2D eigenvalue weighted by molar-refractivity contribution is -0.141. The Morgan fingerprint density at radius 3 is 2.03 bits per heavy atom. The van der Waals surface area contributed by atoms with E-state index in [0.29, 0.717) is 24.5 Å². The van der Waals surface area contributed by atoms with E-state index in [9.17, 15) is 14.4 Å². The van der Waals surface area contributed by atoms with E-state index in [4.69, 9.17) is 4.74 Å². The number of carbonyl (C=O) groups is 3. The molecule has 2 amide bonds. The molecule has 0 saturated carbocycles. The Morgan fingerprint density at radius 1 is 1.10 bits per heavy atom. The molecule has 7 nitrogen and oxygen atoms in total. The summed E-state index contributed by atoms with van der Waals surface area (Å²) in [5.41, 5.74) is -0.831. The van der Waals surface area contributed by atoms with Crippen LogP contribution >= 0.6 is 0 Å². The molecule has 0 aliphatic carbocycles.